The number of carbonyl (C=O) groups is 1. The van der Waals surface area contributed by atoms with Gasteiger partial charge in [-0.15, -0.1) is 11.8 Å². The predicted octanol–water partition coefficient (Wildman–Crippen LogP) is 1.53. The van der Waals surface area contributed by atoms with Gasteiger partial charge in [-0.25, -0.2) is 0 Å². The zero-order valence-electron chi connectivity index (χ0n) is 6.70. The van der Waals surface area contributed by atoms with E-state index < -0.39 is 0 Å². The normalized spacial score (nSPS) is 14.7. The van der Waals surface area contributed by atoms with Crippen molar-refractivity contribution in [1.29, 1.82) is 0 Å². The number of thioether (sulfide) groups is 1. The molecule has 0 saturated heterocycles. The van der Waals surface area contributed by atoms with Gasteiger partial charge in [0.25, 0.3) is 0 Å². The van der Waals surface area contributed by atoms with Crippen LogP contribution in [0.4, 0.5) is 11.4 Å². The number of rotatable bonds is 1. The molecule has 1 heterocycles. The van der Waals surface area contributed by atoms with Gasteiger partial charge in [-0.3, -0.25) is 15.5 Å². The highest BCUT2D eigenvalue weighted by molar-refractivity contribution is 8.00. The summed E-state index contributed by atoms with van der Waals surface area (Å²) >= 11 is 1.49. The standard InChI is InChI=1S/C8H8N2O2S/c11-8-4-13-7-2-1-5(10-12)3-6(7)9-8/h1-3,10,12H,4H2,(H,9,11). The molecule has 1 aliphatic rings. The van der Waals surface area contributed by atoms with Gasteiger partial charge in [0.15, 0.2) is 0 Å². The lowest BCUT2D eigenvalue weighted by molar-refractivity contribution is -0.113. The molecule has 0 aliphatic carbocycles. The van der Waals surface area contributed by atoms with Gasteiger partial charge in [0.05, 0.1) is 17.1 Å². The van der Waals surface area contributed by atoms with Crippen LogP contribution < -0.4 is 10.8 Å². The summed E-state index contributed by atoms with van der Waals surface area (Å²) in [6, 6.07) is 5.31. The summed E-state index contributed by atoms with van der Waals surface area (Å²) in [7, 11) is 0. The van der Waals surface area contributed by atoms with Gasteiger partial charge in [-0.1, -0.05) is 0 Å². The predicted molar refractivity (Wildman–Crippen MR) is 51.2 cm³/mol. The summed E-state index contributed by atoms with van der Waals surface area (Å²) in [5.74, 6) is 0.450. The molecule has 0 atom stereocenters. The molecular weight excluding hydrogens is 188 g/mol. The van der Waals surface area contributed by atoms with Crippen molar-refractivity contribution in [3.63, 3.8) is 0 Å². The first-order valence-electron chi connectivity index (χ1n) is 3.76. The number of carbonyl (C=O) groups excluding carboxylic acids is 1. The largest absolute Gasteiger partial charge is 0.324 e. The van der Waals surface area contributed by atoms with Crippen molar-refractivity contribution in [2.75, 3.05) is 16.5 Å². The average molecular weight is 196 g/mol. The van der Waals surface area contributed by atoms with Gasteiger partial charge in [0, 0.05) is 4.90 Å². The molecule has 5 heteroatoms. The second kappa shape index (κ2) is 3.27. The van der Waals surface area contributed by atoms with Crippen LogP contribution in [0.2, 0.25) is 0 Å². The summed E-state index contributed by atoms with van der Waals surface area (Å²) in [5.41, 5.74) is 3.35. The third-order valence-electron chi connectivity index (χ3n) is 1.74. The van der Waals surface area contributed by atoms with Crippen LogP contribution in [0, 0.1) is 0 Å². The first-order valence-corrected chi connectivity index (χ1v) is 4.75. The van der Waals surface area contributed by atoms with Gasteiger partial charge < -0.3 is 5.32 Å². The summed E-state index contributed by atoms with van der Waals surface area (Å²) in [4.78, 5) is 12.0. The maximum absolute atomic E-state index is 11.0. The Bertz CT molecular complexity index is 354. The molecule has 0 aromatic heterocycles. The third kappa shape index (κ3) is 1.61. The molecule has 3 N–H and O–H groups in total. The maximum Gasteiger partial charge on any atom is 0.234 e. The van der Waals surface area contributed by atoms with Crippen LogP contribution >= 0.6 is 11.8 Å². The van der Waals surface area contributed by atoms with Gasteiger partial charge >= 0.3 is 0 Å². The Morgan fingerprint density at radius 2 is 2.38 bits per heavy atom. The van der Waals surface area contributed by atoms with Crippen molar-refractivity contribution < 1.29 is 10.0 Å². The Kier molecular flexibility index (Phi) is 2.12. The zero-order valence-corrected chi connectivity index (χ0v) is 7.52. The lowest BCUT2D eigenvalue weighted by Crippen LogP contribution is -2.18. The zero-order chi connectivity index (χ0) is 9.26. The molecule has 2 rings (SSSR count). The highest BCUT2D eigenvalue weighted by Crippen LogP contribution is 2.32. The number of fused-ring (bicyclic) bond motifs is 1. The fourth-order valence-corrected chi connectivity index (χ4v) is 1.94. The Balaban J connectivity index is 2.38. The van der Waals surface area contributed by atoms with Crippen LogP contribution in [0.3, 0.4) is 0 Å². The molecule has 0 fully saturated rings. The number of benzene rings is 1. The van der Waals surface area contributed by atoms with E-state index in [1.807, 2.05) is 11.5 Å². The van der Waals surface area contributed by atoms with E-state index in [2.05, 4.69) is 5.32 Å². The minimum Gasteiger partial charge on any atom is -0.324 e. The van der Waals surface area contributed by atoms with E-state index in [0.29, 0.717) is 11.4 Å². The lowest BCUT2D eigenvalue weighted by atomic mass is 10.3. The van der Waals surface area contributed by atoms with Crippen LogP contribution in [-0.4, -0.2) is 16.9 Å². The van der Waals surface area contributed by atoms with Crippen molar-refractivity contribution in [3.8, 4) is 0 Å². The van der Waals surface area contributed by atoms with Crippen LogP contribution in [0.25, 0.3) is 0 Å². The van der Waals surface area contributed by atoms with Crippen molar-refractivity contribution in [2.24, 2.45) is 0 Å². The lowest BCUT2D eigenvalue weighted by Gasteiger charge is -2.16. The average Bonchev–Trinajstić information content (AvgIpc) is 2.16. The van der Waals surface area contributed by atoms with Crippen LogP contribution in [-0.2, 0) is 4.79 Å². The maximum atomic E-state index is 11.0. The van der Waals surface area contributed by atoms with E-state index >= 15 is 0 Å². The third-order valence-corrected chi connectivity index (χ3v) is 2.82. The second-order valence-corrected chi connectivity index (χ2v) is 3.68. The monoisotopic (exact) mass is 196 g/mol. The van der Waals surface area contributed by atoms with Crippen LogP contribution in [0.15, 0.2) is 23.1 Å². The number of nitrogens with one attached hydrogen (secondary N) is 2. The smallest absolute Gasteiger partial charge is 0.234 e. The van der Waals surface area contributed by atoms with Gasteiger partial charge in [-0.2, -0.15) is 0 Å². The summed E-state index contributed by atoms with van der Waals surface area (Å²) in [6.45, 7) is 0. The Morgan fingerprint density at radius 1 is 1.54 bits per heavy atom. The van der Waals surface area contributed by atoms with Crippen molar-refractivity contribution in [3.05, 3.63) is 18.2 Å². The minimum absolute atomic E-state index is 0.00686. The molecular formula is C8H8N2O2S. The molecule has 0 radical (unpaired) electrons. The molecule has 13 heavy (non-hydrogen) atoms. The van der Waals surface area contributed by atoms with E-state index in [1.54, 1.807) is 12.1 Å². The van der Waals surface area contributed by atoms with Crippen LogP contribution in [0.5, 0.6) is 0 Å². The first-order chi connectivity index (χ1) is 6.29. The second-order valence-electron chi connectivity index (χ2n) is 2.66. The molecule has 68 valence electrons. The quantitative estimate of drug-likeness (QED) is 0.596. The highest BCUT2D eigenvalue weighted by Gasteiger charge is 2.14. The first kappa shape index (κ1) is 8.40. The van der Waals surface area contributed by atoms with E-state index in [4.69, 9.17) is 5.21 Å². The van der Waals surface area contributed by atoms with Crippen molar-refractivity contribution >= 4 is 29.0 Å². The Labute approximate surface area is 79.3 Å². The molecule has 0 spiro atoms. The summed E-state index contributed by atoms with van der Waals surface area (Å²) < 4.78 is 0. The van der Waals surface area contributed by atoms with Gasteiger partial charge in [-0.05, 0) is 18.2 Å². The van der Waals surface area contributed by atoms with Crippen molar-refractivity contribution in [2.45, 2.75) is 4.90 Å². The molecule has 4 nitrogen and oxygen atoms in total. The Hall–Kier alpha value is -1.20. The van der Waals surface area contributed by atoms with Crippen molar-refractivity contribution in [1.82, 2.24) is 0 Å². The Morgan fingerprint density at radius 3 is 3.15 bits per heavy atom. The van der Waals surface area contributed by atoms with E-state index in [-0.39, 0.29) is 5.91 Å². The molecule has 0 unspecified atom stereocenters. The number of anilines is 2. The molecule has 1 aliphatic heterocycles. The SMILES string of the molecule is O=C1CSc2ccc(NO)cc2N1. The molecule has 1 aromatic carbocycles. The van der Waals surface area contributed by atoms with E-state index in [0.717, 1.165) is 10.6 Å². The van der Waals surface area contributed by atoms with Gasteiger partial charge in [0.2, 0.25) is 5.91 Å². The fraction of sp³-hybridized carbons (Fsp3) is 0.125. The van der Waals surface area contributed by atoms with E-state index in [1.165, 1.54) is 11.8 Å². The fourth-order valence-electron chi connectivity index (χ4n) is 1.15. The van der Waals surface area contributed by atoms with Crippen LogP contribution in [0.1, 0.15) is 0 Å². The molecule has 1 aromatic rings. The number of amides is 1. The summed E-state index contributed by atoms with van der Waals surface area (Å²) in [6.07, 6.45) is 0. The number of hydrogen-bond donors (Lipinski definition) is 3. The van der Waals surface area contributed by atoms with Gasteiger partial charge in [0.1, 0.15) is 0 Å². The molecule has 0 bridgehead atoms. The highest BCUT2D eigenvalue weighted by atomic mass is 32.2. The number of hydrogen-bond acceptors (Lipinski definition) is 4. The topological polar surface area (TPSA) is 61.4 Å². The minimum atomic E-state index is -0.00686. The molecule has 0 saturated carbocycles. The van der Waals surface area contributed by atoms with E-state index in [9.17, 15) is 4.79 Å². The summed E-state index contributed by atoms with van der Waals surface area (Å²) in [5, 5.41) is 11.4. The molecule has 1 amide bonds.